The molecule has 0 spiro atoms. The molecule has 0 saturated heterocycles. The molecule has 1 atom stereocenters. The van der Waals surface area contributed by atoms with E-state index in [4.69, 9.17) is 4.74 Å². The van der Waals surface area contributed by atoms with Crippen LogP contribution in [0, 0.1) is 0 Å². The highest BCUT2D eigenvalue weighted by Gasteiger charge is 2.29. The van der Waals surface area contributed by atoms with Gasteiger partial charge in [-0.25, -0.2) is 8.42 Å². The molecule has 5 nitrogen and oxygen atoms in total. The SMILES string of the molecule is COCC(C)N(C)S(=O)(=O)c1cc(CNC2CC2)sc1Br. The molecule has 1 fully saturated rings. The summed E-state index contributed by atoms with van der Waals surface area (Å²) in [4.78, 5) is 1.37. The van der Waals surface area contributed by atoms with Crippen LogP contribution in [0.15, 0.2) is 14.7 Å². The summed E-state index contributed by atoms with van der Waals surface area (Å²) in [5, 5.41) is 3.40. The second kappa shape index (κ2) is 7.06. The van der Waals surface area contributed by atoms with E-state index in [1.54, 1.807) is 20.2 Å². The summed E-state index contributed by atoms with van der Waals surface area (Å²) in [5.74, 6) is 0. The third kappa shape index (κ3) is 4.27. The van der Waals surface area contributed by atoms with Gasteiger partial charge in [0.15, 0.2) is 0 Å². The molecule has 1 aromatic heterocycles. The number of methoxy groups -OCH3 is 1. The standard InChI is InChI=1S/C13H21BrN2O3S2/c1-9(8-19-3)16(2)21(17,18)12-6-11(20-13(12)14)7-15-10-4-5-10/h6,9-10,15H,4-5,7-8H2,1-3H3. The first-order valence-electron chi connectivity index (χ1n) is 6.84. The molecule has 0 aromatic carbocycles. The maximum atomic E-state index is 12.7. The molecule has 21 heavy (non-hydrogen) atoms. The molecule has 120 valence electrons. The van der Waals surface area contributed by atoms with Crippen molar-refractivity contribution in [1.29, 1.82) is 0 Å². The number of nitrogens with one attached hydrogen (secondary N) is 1. The van der Waals surface area contributed by atoms with Crippen LogP contribution >= 0.6 is 27.3 Å². The summed E-state index contributed by atoms with van der Waals surface area (Å²) in [6.45, 7) is 2.92. The zero-order chi connectivity index (χ0) is 15.6. The van der Waals surface area contributed by atoms with Gasteiger partial charge in [-0.3, -0.25) is 0 Å². The van der Waals surface area contributed by atoms with Gasteiger partial charge in [-0.05, 0) is 41.8 Å². The van der Waals surface area contributed by atoms with Crippen LogP contribution in [0.4, 0.5) is 0 Å². The fourth-order valence-corrected chi connectivity index (χ4v) is 5.86. The van der Waals surface area contributed by atoms with Crippen molar-refractivity contribution in [3.63, 3.8) is 0 Å². The van der Waals surface area contributed by atoms with Crippen LogP contribution in [0.2, 0.25) is 0 Å². The molecular weight excluding hydrogens is 376 g/mol. The van der Waals surface area contributed by atoms with E-state index in [1.807, 2.05) is 6.92 Å². The number of halogens is 1. The Labute approximate surface area is 138 Å². The van der Waals surface area contributed by atoms with Crippen LogP contribution in [0.1, 0.15) is 24.6 Å². The normalized spacial score (nSPS) is 17.4. The van der Waals surface area contributed by atoms with Crippen LogP contribution in [-0.2, 0) is 21.3 Å². The Morgan fingerprint density at radius 2 is 2.24 bits per heavy atom. The lowest BCUT2D eigenvalue weighted by molar-refractivity contribution is 0.149. The first-order chi connectivity index (χ1) is 9.86. The Hall–Kier alpha value is 0.01000. The van der Waals surface area contributed by atoms with Gasteiger partial charge in [0.2, 0.25) is 10.0 Å². The average molecular weight is 397 g/mol. The van der Waals surface area contributed by atoms with Gasteiger partial charge in [-0.1, -0.05) is 0 Å². The molecule has 1 aliphatic carbocycles. The second-order valence-corrected chi connectivity index (χ2v) is 9.75. The van der Waals surface area contributed by atoms with Gasteiger partial charge in [-0.15, -0.1) is 11.3 Å². The lowest BCUT2D eigenvalue weighted by Crippen LogP contribution is -2.37. The van der Waals surface area contributed by atoms with Crippen LogP contribution in [-0.4, -0.2) is 45.6 Å². The average Bonchev–Trinajstić information content (AvgIpc) is 3.18. The molecule has 0 bridgehead atoms. The van der Waals surface area contributed by atoms with Gasteiger partial charge < -0.3 is 10.1 Å². The highest BCUT2D eigenvalue weighted by Crippen LogP contribution is 2.34. The number of nitrogens with zero attached hydrogens (tertiary/aromatic N) is 1. The van der Waals surface area contributed by atoms with Crippen LogP contribution in [0.25, 0.3) is 0 Å². The fraction of sp³-hybridized carbons (Fsp3) is 0.692. The number of hydrogen-bond acceptors (Lipinski definition) is 5. The minimum atomic E-state index is -3.50. The molecule has 2 rings (SSSR count). The summed E-state index contributed by atoms with van der Waals surface area (Å²) in [6.07, 6.45) is 2.43. The predicted molar refractivity (Wildman–Crippen MR) is 88.2 cm³/mol. The highest BCUT2D eigenvalue weighted by atomic mass is 79.9. The van der Waals surface area contributed by atoms with E-state index in [1.165, 1.54) is 28.5 Å². The summed E-state index contributed by atoms with van der Waals surface area (Å²) < 4.78 is 32.4. The van der Waals surface area contributed by atoms with Crippen molar-refractivity contribution in [3.8, 4) is 0 Å². The Bertz CT molecular complexity index is 584. The molecule has 1 unspecified atom stereocenters. The fourth-order valence-electron chi connectivity index (χ4n) is 1.93. The third-order valence-electron chi connectivity index (χ3n) is 3.53. The number of hydrogen-bond donors (Lipinski definition) is 1. The smallest absolute Gasteiger partial charge is 0.245 e. The molecular formula is C13H21BrN2O3S2. The lowest BCUT2D eigenvalue weighted by atomic mass is 10.4. The largest absolute Gasteiger partial charge is 0.383 e. The summed E-state index contributed by atoms with van der Waals surface area (Å²) >= 11 is 4.86. The Morgan fingerprint density at radius 1 is 1.57 bits per heavy atom. The maximum Gasteiger partial charge on any atom is 0.245 e. The topological polar surface area (TPSA) is 58.6 Å². The zero-order valence-corrected chi connectivity index (χ0v) is 15.6. The van der Waals surface area contributed by atoms with Gasteiger partial charge >= 0.3 is 0 Å². The Balaban J connectivity index is 2.14. The number of likely N-dealkylation sites (N-methyl/N-ethyl adjacent to an activating group) is 1. The lowest BCUT2D eigenvalue weighted by Gasteiger charge is -2.23. The van der Waals surface area contributed by atoms with E-state index < -0.39 is 10.0 Å². The van der Waals surface area contributed by atoms with Gasteiger partial charge in [0, 0.05) is 37.7 Å². The van der Waals surface area contributed by atoms with E-state index >= 15 is 0 Å². The van der Waals surface area contributed by atoms with Crippen molar-refractivity contribution < 1.29 is 13.2 Å². The monoisotopic (exact) mass is 396 g/mol. The van der Waals surface area contributed by atoms with Crippen LogP contribution < -0.4 is 5.32 Å². The zero-order valence-electron chi connectivity index (χ0n) is 12.4. The first kappa shape index (κ1) is 17.4. The van der Waals surface area contributed by atoms with Crippen molar-refractivity contribution in [2.24, 2.45) is 0 Å². The van der Waals surface area contributed by atoms with Crippen molar-refractivity contribution in [1.82, 2.24) is 9.62 Å². The molecule has 1 heterocycles. The summed E-state index contributed by atoms with van der Waals surface area (Å²) in [6, 6.07) is 2.16. The van der Waals surface area contributed by atoms with E-state index in [9.17, 15) is 8.42 Å². The minimum Gasteiger partial charge on any atom is -0.383 e. The quantitative estimate of drug-likeness (QED) is 0.732. The van der Waals surface area contributed by atoms with Crippen molar-refractivity contribution in [2.45, 2.75) is 43.3 Å². The molecule has 1 aromatic rings. The molecule has 0 radical (unpaired) electrons. The van der Waals surface area contributed by atoms with E-state index in [-0.39, 0.29) is 6.04 Å². The van der Waals surface area contributed by atoms with Crippen molar-refractivity contribution >= 4 is 37.3 Å². The van der Waals surface area contributed by atoms with Crippen LogP contribution in [0.5, 0.6) is 0 Å². The molecule has 1 aliphatic rings. The molecule has 0 amide bonds. The Kier molecular flexibility index (Phi) is 5.84. The number of rotatable bonds is 8. The van der Waals surface area contributed by atoms with Gasteiger partial charge in [-0.2, -0.15) is 4.31 Å². The number of sulfonamides is 1. The van der Waals surface area contributed by atoms with Crippen LogP contribution in [0.3, 0.4) is 0 Å². The van der Waals surface area contributed by atoms with E-state index in [0.717, 1.165) is 11.4 Å². The van der Waals surface area contributed by atoms with E-state index in [0.29, 0.717) is 21.3 Å². The maximum absolute atomic E-state index is 12.7. The third-order valence-corrected chi connectivity index (χ3v) is 7.76. The second-order valence-electron chi connectivity index (χ2n) is 5.33. The molecule has 8 heteroatoms. The minimum absolute atomic E-state index is 0.208. The number of ether oxygens (including phenoxy) is 1. The van der Waals surface area contributed by atoms with Crippen molar-refractivity contribution in [3.05, 3.63) is 14.7 Å². The highest BCUT2D eigenvalue weighted by molar-refractivity contribution is 9.11. The Morgan fingerprint density at radius 3 is 2.81 bits per heavy atom. The number of thiophene rings is 1. The predicted octanol–water partition coefficient (Wildman–Crippen LogP) is 2.42. The van der Waals surface area contributed by atoms with Gasteiger partial charge in [0.1, 0.15) is 4.90 Å². The first-order valence-corrected chi connectivity index (χ1v) is 9.89. The molecule has 1 N–H and O–H groups in total. The van der Waals surface area contributed by atoms with Gasteiger partial charge in [0.05, 0.1) is 10.4 Å². The summed E-state index contributed by atoms with van der Waals surface area (Å²) in [5.41, 5.74) is 0. The van der Waals surface area contributed by atoms with E-state index in [2.05, 4.69) is 21.2 Å². The van der Waals surface area contributed by atoms with Gasteiger partial charge in [0.25, 0.3) is 0 Å². The molecule has 1 saturated carbocycles. The summed E-state index contributed by atoms with van der Waals surface area (Å²) in [7, 11) is -0.347. The van der Waals surface area contributed by atoms with Crippen molar-refractivity contribution in [2.75, 3.05) is 20.8 Å². The molecule has 0 aliphatic heterocycles.